The number of rotatable bonds is 7. The average Bonchev–Trinajstić information content (AvgIpc) is 2.84. The van der Waals surface area contributed by atoms with Gasteiger partial charge in [-0.05, 0) is 36.2 Å². The van der Waals surface area contributed by atoms with E-state index in [1.807, 2.05) is 31.2 Å². The number of hydrogen-bond donors (Lipinski definition) is 1. The second kappa shape index (κ2) is 9.82. The molecule has 0 aliphatic carbocycles. The summed E-state index contributed by atoms with van der Waals surface area (Å²) < 4.78 is 10.7. The topological polar surface area (TPSA) is 83.6 Å². The Balaban J connectivity index is 1.37. The second-order valence-electron chi connectivity index (χ2n) is 7.80. The number of pyridine rings is 1. The number of benzene rings is 1. The molecule has 1 fully saturated rings. The Labute approximate surface area is 187 Å². The van der Waals surface area contributed by atoms with Crippen molar-refractivity contribution in [2.75, 3.05) is 45.3 Å². The SMILES string of the molecule is CCc1cc(=O)[nH]c(-c2ccc(N3CCN(Cc4ccc(OC)c(OC)c4)CC3)nc2)n1. The predicted molar refractivity (Wildman–Crippen MR) is 125 cm³/mol. The number of hydrogen-bond acceptors (Lipinski definition) is 7. The molecule has 0 radical (unpaired) electrons. The molecule has 8 heteroatoms. The zero-order valence-electron chi connectivity index (χ0n) is 18.8. The van der Waals surface area contributed by atoms with Crippen LogP contribution in [0.25, 0.3) is 11.4 Å². The average molecular weight is 436 g/mol. The minimum atomic E-state index is -0.137. The van der Waals surface area contributed by atoms with Crippen LogP contribution >= 0.6 is 0 Å². The van der Waals surface area contributed by atoms with Crippen molar-refractivity contribution in [2.24, 2.45) is 0 Å². The molecule has 1 aliphatic rings. The first kappa shape index (κ1) is 21.8. The molecule has 4 rings (SSSR count). The molecule has 0 atom stereocenters. The highest BCUT2D eigenvalue weighted by Crippen LogP contribution is 2.28. The van der Waals surface area contributed by atoms with Crippen molar-refractivity contribution < 1.29 is 9.47 Å². The Hall–Kier alpha value is -3.39. The molecule has 0 bridgehead atoms. The number of nitrogens with one attached hydrogen (secondary N) is 1. The van der Waals surface area contributed by atoms with Crippen molar-refractivity contribution in [2.45, 2.75) is 19.9 Å². The first-order valence-electron chi connectivity index (χ1n) is 10.8. The van der Waals surface area contributed by atoms with E-state index in [4.69, 9.17) is 9.47 Å². The van der Waals surface area contributed by atoms with Gasteiger partial charge in [-0.25, -0.2) is 9.97 Å². The van der Waals surface area contributed by atoms with Gasteiger partial charge in [0.1, 0.15) is 11.6 Å². The summed E-state index contributed by atoms with van der Waals surface area (Å²) in [5.74, 6) is 3.01. The van der Waals surface area contributed by atoms with Crippen LogP contribution in [-0.2, 0) is 13.0 Å². The molecular formula is C24H29N5O3. The van der Waals surface area contributed by atoms with Gasteiger partial charge < -0.3 is 19.4 Å². The summed E-state index contributed by atoms with van der Waals surface area (Å²) in [6, 6.07) is 11.6. The molecule has 168 valence electrons. The van der Waals surface area contributed by atoms with E-state index in [0.717, 1.165) is 67.7 Å². The van der Waals surface area contributed by atoms with Crippen molar-refractivity contribution in [1.82, 2.24) is 19.9 Å². The van der Waals surface area contributed by atoms with E-state index in [-0.39, 0.29) is 5.56 Å². The first-order chi connectivity index (χ1) is 15.6. The third-order valence-electron chi connectivity index (χ3n) is 5.73. The molecule has 0 unspecified atom stereocenters. The van der Waals surface area contributed by atoms with Crippen LogP contribution < -0.4 is 19.9 Å². The van der Waals surface area contributed by atoms with Crippen LogP contribution in [0, 0.1) is 0 Å². The Morgan fingerprint density at radius 3 is 2.44 bits per heavy atom. The highest BCUT2D eigenvalue weighted by molar-refractivity contribution is 5.56. The molecule has 3 aromatic rings. The number of H-pyrrole nitrogens is 1. The van der Waals surface area contributed by atoms with E-state index >= 15 is 0 Å². The van der Waals surface area contributed by atoms with Crippen LogP contribution in [-0.4, -0.2) is 60.3 Å². The molecule has 0 amide bonds. The van der Waals surface area contributed by atoms with Gasteiger partial charge in [0.2, 0.25) is 0 Å². The van der Waals surface area contributed by atoms with Gasteiger partial charge in [-0.15, -0.1) is 0 Å². The Morgan fingerprint density at radius 1 is 1.00 bits per heavy atom. The van der Waals surface area contributed by atoms with Crippen molar-refractivity contribution in [3.05, 3.63) is 64.2 Å². The smallest absolute Gasteiger partial charge is 0.251 e. The lowest BCUT2D eigenvalue weighted by atomic mass is 10.1. The van der Waals surface area contributed by atoms with Crippen molar-refractivity contribution in [3.63, 3.8) is 0 Å². The van der Waals surface area contributed by atoms with Gasteiger partial charge in [-0.2, -0.15) is 0 Å². The van der Waals surface area contributed by atoms with Gasteiger partial charge in [-0.1, -0.05) is 13.0 Å². The van der Waals surface area contributed by atoms with Crippen molar-refractivity contribution in [1.29, 1.82) is 0 Å². The minimum absolute atomic E-state index is 0.137. The van der Waals surface area contributed by atoms with Crippen LogP contribution in [0.1, 0.15) is 18.2 Å². The fourth-order valence-electron chi connectivity index (χ4n) is 3.91. The molecule has 0 saturated carbocycles. The highest BCUT2D eigenvalue weighted by Gasteiger charge is 2.19. The summed E-state index contributed by atoms with van der Waals surface area (Å²) in [5.41, 5.74) is 2.66. The van der Waals surface area contributed by atoms with Gasteiger partial charge in [0.15, 0.2) is 11.5 Å². The van der Waals surface area contributed by atoms with Crippen molar-refractivity contribution in [3.8, 4) is 22.9 Å². The van der Waals surface area contributed by atoms with Gasteiger partial charge in [0.05, 0.1) is 14.2 Å². The Bertz CT molecular complexity index is 1110. The number of methoxy groups -OCH3 is 2. The fourth-order valence-corrected chi connectivity index (χ4v) is 3.91. The number of aromatic amines is 1. The molecule has 1 saturated heterocycles. The second-order valence-corrected chi connectivity index (χ2v) is 7.80. The third kappa shape index (κ3) is 4.91. The lowest BCUT2D eigenvalue weighted by Crippen LogP contribution is -2.46. The molecule has 32 heavy (non-hydrogen) atoms. The molecule has 3 heterocycles. The molecule has 2 aromatic heterocycles. The molecule has 1 aromatic carbocycles. The number of piperazine rings is 1. The Morgan fingerprint density at radius 2 is 1.78 bits per heavy atom. The maximum absolute atomic E-state index is 11.8. The van der Waals surface area contributed by atoms with Crippen molar-refractivity contribution >= 4 is 5.82 Å². The third-order valence-corrected chi connectivity index (χ3v) is 5.73. The summed E-state index contributed by atoms with van der Waals surface area (Å²) in [6.45, 7) is 6.56. The number of ether oxygens (including phenoxy) is 2. The van der Waals surface area contributed by atoms with Crippen LogP contribution in [0.3, 0.4) is 0 Å². The maximum atomic E-state index is 11.8. The van der Waals surface area contributed by atoms with E-state index in [2.05, 4.69) is 30.8 Å². The Kier molecular flexibility index (Phi) is 6.70. The van der Waals surface area contributed by atoms with E-state index in [0.29, 0.717) is 5.82 Å². The summed E-state index contributed by atoms with van der Waals surface area (Å²) in [6.07, 6.45) is 2.50. The zero-order valence-corrected chi connectivity index (χ0v) is 18.8. The van der Waals surface area contributed by atoms with E-state index in [1.165, 1.54) is 11.6 Å². The normalized spacial score (nSPS) is 14.4. The zero-order chi connectivity index (χ0) is 22.5. The molecule has 8 nitrogen and oxygen atoms in total. The summed E-state index contributed by atoms with van der Waals surface area (Å²) >= 11 is 0. The standard InChI is InChI=1S/C24H29N5O3/c1-4-19-14-23(30)27-24(26-19)18-6-8-22(25-15-18)29-11-9-28(10-12-29)16-17-5-7-20(31-2)21(13-17)32-3/h5-8,13-15H,4,9-12,16H2,1-3H3,(H,26,27,30). The maximum Gasteiger partial charge on any atom is 0.251 e. The summed E-state index contributed by atoms with van der Waals surface area (Å²) in [4.78, 5) is 28.5. The van der Waals surface area contributed by atoms with E-state index in [9.17, 15) is 4.79 Å². The molecule has 1 aliphatic heterocycles. The summed E-state index contributed by atoms with van der Waals surface area (Å²) in [7, 11) is 3.31. The first-order valence-corrected chi connectivity index (χ1v) is 10.8. The fraction of sp³-hybridized carbons (Fsp3) is 0.375. The van der Waals surface area contributed by atoms with E-state index < -0.39 is 0 Å². The van der Waals surface area contributed by atoms with Crippen LogP contribution in [0.4, 0.5) is 5.82 Å². The van der Waals surface area contributed by atoms with Gasteiger partial charge >= 0.3 is 0 Å². The number of nitrogens with zero attached hydrogens (tertiary/aromatic N) is 4. The van der Waals surface area contributed by atoms with Gasteiger partial charge in [0.25, 0.3) is 5.56 Å². The quantitative estimate of drug-likeness (QED) is 0.611. The van der Waals surface area contributed by atoms with Gasteiger partial charge in [-0.3, -0.25) is 9.69 Å². The number of anilines is 1. The molecule has 0 spiro atoms. The van der Waals surface area contributed by atoms with Crippen LogP contribution in [0.5, 0.6) is 11.5 Å². The lowest BCUT2D eigenvalue weighted by Gasteiger charge is -2.35. The van der Waals surface area contributed by atoms with E-state index in [1.54, 1.807) is 20.4 Å². The number of aromatic nitrogens is 3. The van der Waals surface area contributed by atoms with Crippen LogP contribution in [0.15, 0.2) is 47.4 Å². The molecular weight excluding hydrogens is 406 g/mol. The predicted octanol–water partition coefficient (Wildman–Crippen LogP) is 2.73. The monoisotopic (exact) mass is 435 g/mol. The summed E-state index contributed by atoms with van der Waals surface area (Å²) in [5, 5.41) is 0. The largest absolute Gasteiger partial charge is 0.493 e. The lowest BCUT2D eigenvalue weighted by molar-refractivity contribution is 0.248. The van der Waals surface area contributed by atoms with Gasteiger partial charge in [0, 0.05) is 56.2 Å². The number of aryl methyl sites for hydroxylation is 1. The highest BCUT2D eigenvalue weighted by atomic mass is 16.5. The molecule has 1 N–H and O–H groups in total. The minimum Gasteiger partial charge on any atom is -0.493 e. The van der Waals surface area contributed by atoms with Crippen LogP contribution in [0.2, 0.25) is 0 Å².